The fourth-order valence-electron chi connectivity index (χ4n) is 3.28. The number of rotatable bonds is 5. The normalized spacial score (nSPS) is 21.4. The Hall–Kier alpha value is -0.950. The van der Waals surface area contributed by atoms with Crippen molar-refractivity contribution in [2.24, 2.45) is 0 Å². The number of hydrogen-bond acceptors (Lipinski definition) is 4. The van der Waals surface area contributed by atoms with Gasteiger partial charge in [0.25, 0.3) is 0 Å². The van der Waals surface area contributed by atoms with Gasteiger partial charge in [-0.15, -0.1) is 0 Å². The van der Waals surface area contributed by atoms with Crippen molar-refractivity contribution in [1.82, 2.24) is 9.62 Å². The van der Waals surface area contributed by atoms with Crippen LogP contribution in [0.2, 0.25) is 0 Å². The number of ether oxygens (including phenoxy) is 1. The van der Waals surface area contributed by atoms with Gasteiger partial charge in [-0.05, 0) is 30.5 Å². The van der Waals surface area contributed by atoms with E-state index in [1.807, 2.05) is 12.1 Å². The van der Waals surface area contributed by atoms with Crippen LogP contribution in [0.1, 0.15) is 37.7 Å². The summed E-state index contributed by atoms with van der Waals surface area (Å²) in [5, 5.41) is 3.58. The number of nitrogens with one attached hydrogen (secondary N) is 1. The predicted octanol–water partition coefficient (Wildman–Crippen LogP) is 2.13. The number of sulfonamides is 1. The van der Waals surface area contributed by atoms with E-state index in [-0.39, 0.29) is 0 Å². The zero-order valence-corrected chi connectivity index (χ0v) is 14.4. The highest BCUT2D eigenvalue weighted by atomic mass is 32.2. The van der Waals surface area contributed by atoms with Crippen LogP contribution < -0.4 is 5.32 Å². The first kappa shape index (κ1) is 16.9. The highest BCUT2D eigenvalue weighted by molar-refractivity contribution is 7.89. The highest BCUT2D eigenvalue weighted by Crippen LogP contribution is 2.19. The summed E-state index contributed by atoms with van der Waals surface area (Å²) in [5.74, 6) is 0. The molecule has 1 aliphatic heterocycles. The molecule has 1 saturated heterocycles. The van der Waals surface area contributed by atoms with Crippen molar-refractivity contribution in [1.29, 1.82) is 0 Å². The quantitative estimate of drug-likeness (QED) is 0.893. The number of benzene rings is 1. The van der Waals surface area contributed by atoms with E-state index < -0.39 is 10.0 Å². The highest BCUT2D eigenvalue weighted by Gasteiger charge is 2.26. The largest absolute Gasteiger partial charge is 0.379 e. The first-order valence-electron chi connectivity index (χ1n) is 8.56. The monoisotopic (exact) mass is 338 g/mol. The van der Waals surface area contributed by atoms with Crippen LogP contribution in [0.4, 0.5) is 0 Å². The zero-order valence-electron chi connectivity index (χ0n) is 13.5. The van der Waals surface area contributed by atoms with Gasteiger partial charge < -0.3 is 10.1 Å². The van der Waals surface area contributed by atoms with Crippen LogP contribution in [0.25, 0.3) is 0 Å². The maximum absolute atomic E-state index is 12.6. The molecule has 0 atom stereocenters. The zero-order chi connectivity index (χ0) is 16.1. The van der Waals surface area contributed by atoms with E-state index in [2.05, 4.69) is 5.32 Å². The Balaban J connectivity index is 1.59. The molecule has 0 spiro atoms. The molecule has 6 heteroatoms. The summed E-state index contributed by atoms with van der Waals surface area (Å²) in [5.41, 5.74) is 1.14. The number of morpholine rings is 1. The Labute approximate surface area is 139 Å². The van der Waals surface area contributed by atoms with Gasteiger partial charge in [0.05, 0.1) is 18.1 Å². The molecule has 128 valence electrons. The first-order chi connectivity index (χ1) is 11.2. The predicted molar refractivity (Wildman–Crippen MR) is 89.7 cm³/mol. The van der Waals surface area contributed by atoms with Gasteiger partial charge in [-0.25, -0.2) is 8.42 Å². The SMILES string of the molecule is O=S(=O)(c1ccc(CNC2CCCCC2)cc1)N1CCOCC1. The molecule has 5 nitrogen and oxygen atoms in total. The van der Waals surface area contributed by atoms with Crippen LogP contribution in [-0.4, -0.2) is 45.1 Å². The van der Waals surface area contributed by atoms with Gasteiger partial charge in [-0.2, -0.15) is 4.31 Å². The molecule has 23 heavy (non-hydrogen) atoms. The molecule has 1 saturated carbocycles. The molecule has 1 N–H and O–H groups in total. The van der Waals surface area contributed by atoms with E-state index in [1.54, 1.807) is 12.1 Å². The third-order valence-electron chi connectivity index (χ3n) is 4.73. The van der Waals surface area contributed by atoms with E-state index in [4.69, 9.17) is 4.74 Å². The standard InChI is InChI=1S/C17H26N2O3S/c20-23(21,19-10-12-22-13-11-19)17-8-6-15(7-9-17)14-18-16-4-2-1-3-5-16/h6-9,16,18H,1-5,10-14H2. The molecular weight excluding hydrogens is 312 g/mol. The second kappa shape index (κ2) is 7.75. The third-order valence-corrected chi connectivity index (χ3v) is 6.64. The van der Waals surface area contributed by atoms with Crippen molar-refractivity contribution >= 4 is 10.0 Å². The lowest BCUT2D eigenvalue weighted by Crippen LogP contribution is -2.40. The molecule has 0 amide bonds. The molecule has 1 aromatic rings. The second-order valence-corrected chi connectivity index (χ2v) is 8.31. The smallest absolute Gasteiger partial charge is 0.243 e. The van der Waals surface area contributed by atoms with Gasteiger partial charge in [0.15, 0.2) is 0 Å². The summed E-state index contributed by atoms with van der Waals surface area (Å²) in [4.78, 5) is 0.376. The molecule has 2 aliphatic rings. The molecule has 0 aromatic heterocycles. The summed E-state index contributed by atoms with van der Waals surface area (Å²) in [7, 11) is -3.38. The Morgan fingerprint density at radius 3 is 2.35 bits per heavy atom. The second-order valence-electron chi connectivity index (χ2n) is 6.38. The van der Waals surface area contributed by atoms with E-state index in [1.165, 1.54) is 36.4 Å². The average Bonchev–Trinajstić information content (AvgIpc) is 2.62. The van der Waals surface area contributed by atoms with E-state index >= 15 is 0 Å². The molecule has 0 radical (unpaired) electrons. The maximum atomic E-state index is 12.6. The Bertz CT molecular complexity index is 589. The minimum atomic E-state index is -3.38. The van der Waals surface area contributed by atoms with Crippen molar-refractivity contribution in [3.8, 4) is 0 Å². The van der Waals surface area contributed by atoms with Crippen LogP contribution in [0.3, 0.4) is 0 Å². The van der Waals surface area contributed by atoms with Crippen molar-refractivity contribution in [3.63, 3.8) is 0 Å². The molecular formula is C17H26N2O3S. The van der Waals surface area contributed by atoms with Gasteiger partial charge in [-0.3, -0.25) is 0 Å². The maximum Gasteiger partial charge on any atom is 0.243 e. The van der Waals surface area contributed by atoms with Gasteiger partial charge >= 0.3 is 0 Å². The van der Waals surface area contributed by atoms with Gasteiger partial charge in [-0.1, -0.05) is 31.4 Å². The molecule has 0 bridgehead atoms. The van der Waals surface area contributed by atoms with Crippen LogP contribution in [0.15, 0.2) is 29.2 Å². The topological polar surface area (TPSA) is 58.6 Å². The molecule has 1 aromatic carbocycles. The van der Waals surface area contributed by atoms with Crippen LogP contribution in [-0.2, 0) is 21.3 Å². The number of hydrogen-bond donors (Lipinski definition) is 1. The Kier molecular flexibility index (Phi) is 5.69. The fourth-order valence-corrected chi connectivity index (χ4v) is 4.69. The van der Waals surface area contributed by atoms with Crippen LogP contribution in [0, 0.1) is 0 Å². The summed E-state index contributed by atoms with van der Waals surface area (Å²) in [6, 6.07) is 7.90. The molecule has 1 heterocycles. The van der Waals surface area contributed by atoms with Crippen LogP contribution >= 0.6 is 0 Å². The first-order valence-corrected chi connectivity index (χ1v) is 10.0. The fraction of sp³-hybridized carbons (Fsp3) is 0.647. The van der Waals surface area contributed by atoms with Gasteiger partial charge in [0, 0.05) is 25.7 Å². The van der Waals surface area contributed by atoms with Crippen molar-refractivity contribution in [3.05, 3.63) is 29.8 Å². The van der Waals surface area contributed by atoms with Gasteiger partial charge in [0.2, 0.25) is 10.0 Å². The summed E-state index contributed by atoms with van der Waals surface area (Å²) < 4.78 is 31.8. The van der Waals surface area contributed by atoms with Crippen molar-refractivity contribution in [2.45, 2.75) is 49.6 Å². The summed E-state index contributed by atoms with van der Waals surface area (Å²) in [6.45, 7) is 2.63. The lowest BCUT2D eigenvalue weighted by Gasteiger charge is -2.26. The van der Waals surface area contributed by atoms with Crippen molar-refractivity contribution < 1.29 is 13.2 Å². The van der Waals surface area contributed by atoms with E-state index in [0.29, 0.717) is 37.2 Å². The Morgan fingerprint density at radius 2 is 1.70 bits per heavy atom. The lowest BCUT2D eigenvalue weighted by molar-refractivity contribution is 0.0730. The number of nitrogens with zero attached hydrogens (tertiary/aromatic N) is 1. The molecule has 1 aliphatic carbocycles. The van der Waals surface area contributed by atoms with E-state index in [9.17, 15) is 8.42 Å². The minimum absolute atomic E-state index is 0.376. The Morgan fingerprint density at radius 1 is 1.04 bits per heavy atom. The van der Waals surface area contributed by atoms with Gasteiger partial charge in [0.1, 0.15) is 0 Å². The lowest BCUT2D eigenvalue weighted by atomic mass is 9.95. The molecule has 0 unspecified atom stereocenters. The molecule has 2 fully saturated rings. The summed E-state index contributed by atoms with van der Waals surface area (Å²) in [6.07, 6.45) is 6.49. The van der Waals surface area contributed by atoms with Crippen LogP contribution in [0.5, 0.6) is 0 Å². The van der Waals surface area contributed by atoms with E-state index in [0.717, 1.165) is 12.1 Å². The minimum Gasteiger partial charge on any atom is -0.379 e. The average molecular weight is 338 g/mol. The van der Waals surface area contributed by atoms with Crippen molar-refractivity contribution in [2.75, 3.05) is 26.3 Å². The molecule has 3 rings (SSSR count). The summed E-state index contributed by atoms with van der Waals surface area (Å²) >= 11 is 0. The third kappa shape index (κ3) is 4.32.